The molecule has 0 aliphatic heterocycles. The van der Waals surface area contributed by atoms with E-state index in [1.807, 2.05) is 0 Å². The molecule has 46 valence electrons. The molecule has 0 spiro atoms. The van der Waals surface area contributed by atoms with Crippen LogP contribution in [0.3, 0.4) is 0 Å². The first-order valence-corrected chi connectivity index (χ1v) is 3.53. The quantitative estimate of drug-likeness (QED) is 0.491. The Morgan fingerprint density at radius 1 is 1.89 bits per heavy atom. The van der Waals surface area contributed by atoms with Crippen LogP contribution in [0.15, 0.2) is 0 Å². The third kappa shape index (κ3) is 1.63. The summed E-state index contributed by atoms with van der Waals surface area (Å²) in [5.41, 5.74) is 0. The second-order valence-corrected chi connectivity index (χ2v) is 3.14. The molecule has 2 nitrogen and oxygen atoms in total. The van der Waals surface area contributed by atoms with Crippen LogP contribution in [0.4, 0.5) is 0 Å². The van der Waals surface area contributed by atoms with E-state index in [2.05, 4.69) is 16.1 Å². The molecule has 0 aromatic carbocycles. The van der Waals surface area contributed by atoms with Gasteiger partial charge in [0.1, 0.15) is 5.01 Å². The van der Waals surface area contributed by atoms with Gasteiger partial charge in [-0.05, 0) is 12.2 Å². The molecule has 1 aromatic heterocycles. The van der Waals surface area contributed by atoms with E-state index >= 15 is 0 Å². The van der Waals surface area contributed by atoms with Crippen molar-refractivity contribution in [2.75, 3.05) is 0 Å². The average Bonchev–Trinajstić information content (AvgIpc) is 2.17. The van der Waals surface area contributed by atoms with E-state index in [-0.39, 0.29) is 0 Å². The fourth-order valence-corrected chi connectivity index (χ4v) is 1.31. The summed E-state index contributed by atoms with van der Waals surface area (Å²) in [6.45, 7) is 0. The highest BCUT2D eigenvalue weighted by molar-refractivity contribution is 7.73. The topological polar surface area (TPSA) is 28.7 Å². The maximum Gasteiger partial charge on any atom is 0.176 e. The highest BCUT2D eigenvalue weighted by Crippen LogP contribution is 2.03. The van der Waals surface area contributed by atoms with Crippen LogP contribution in [0.2, 0.25) is 0 Å². The summed E-state index contributed by atoms with van der Waals surface area (Å²) in [5, 5.41) is 7.37. The van der Waals surface area contributed by atoms with Gasteiger partial charge in [0, 0.05) is 0 Å². The minimum atomic E-state index is 0.567. The normalized spacial score (nSPS) is 8.78. The maximum atomic E-state index is 5.04. The Balaban J connectivity index is 2.88. The summed E-state index contributed by atoms with van der Waals surface area (Å²) in [4.78, 5) is 0. The molecule has 1 rings (SSSR count). The number of H-pyrrole nitrogens is 1. The lowest BCUT2D eigenvalue weighted by molar-refractivity contribution is 1.02. The number of nitrogens with one attached hydrogen (secondary N) is 1. The molecule has 4 heteroatoms. The predicted molar refractivity (Wildman–Crippen MR) is 39.8 cm³/mol. The van der Waals surface area contributed by atoms with Crippen LogP contribution in [0.5, 0.6) is 0 Å². The van der Waals surface area contributed by atoms with Crippen molar-refractivity contribution in [1.29, 1.82) is 0 Å². The van der Waals surface area contributed by atoms with E-state index in [0.717, 1.165) is 5.01 Å². The maximum absolute atomic E-state index is 5.04. The van der Waals surface area contributed by atoms with Gasteiger partial charge < -0.3 is 0 Å². The van der Waals surface area contributed by atoms with Gasteiger partial charge in [-0.2, -0.15) is 5.10 Å². The lowest BCUT2D eigenvalue weighted by Crippen LogP contribution is -1.76. The largest absolute Gasteiger partial charge is 0.258 e. The van der Waals surface area contributed by atoms with Gasteiger partial charge in [-0.1, -0.05) is 17.3 Å². The number of hydrogen-bond acceptors (Lipinski definition) is 3. The number of hydrogen-bond donors (Lipinski definition) is 1. The Bertz CT molecular complexity index is 278. The monoisotopic (exact) mass is 156 g/mol. The highest BCUT2D eigenvalue weighted by atomic mass is 32.1. The Morgan fingerprint density at radius 3 is 3.11 bits per heavy atom. The summed E-state index contributed by atoms with van der Waals surface area (Å²) in [6.07, 6.45) is 5.61. The Kier molecular flexibility index (Phi) is 1.98. The Hall–Kier alpha value is -0.660. The predicted octanol–water partition coefficient (Wildman–Crippen LogP) is 1.38. The lowest BCUT2D eigenvalue weighted by atomic mass is 10.5. The Morgan fingerprint density at radius 2 is 2.67 bits per heavy atom. The molecule has 1 N–H and O–H groups in total. The first kappa shape index (κ1) is 6.46. The van der Waals surface area contributed by atoms with Gasteiger partial charge in [0.2, 0.25) is 0 Å². The molecule has 0 aliphatic carbocycles. The average molecular weight is 156 g/mol. The van der Waals surface area contributed by atoms with Gasteiger partial charge >= 0.3 is 0 Å². The second kappa shape index (κ2) is 2.76. The number of rotatable bonds is 1. The number of terminal acetylenes is 1. The van der Waals surface area contributed by atoms with Crippen molar-refractivity contribution in [3.63, 3.8) is 0 Å². The molecule has 9 heavy (non-hydrogen) atoms. The first-order valence-electron chi connectivity index (χ1n) is 2.31. The molecule has 0 fully saturated rings. The minimum Gasteiger partial charge on any atom is -0.258 e. The lowest BCUT2D eigenvalue weighted by Gasteiger charge is -1.75. The number of aromatic nitrogens is 2. The minimum absolute atomic E-state index is 0.567. The third-order valence-corrected chi connectivity index (χ3v) is 1.82. The molecule has 1 aromatic rings. The van der Waals surface area contributed by atoms with E-state index in [1.54, 1.807) is 0 Å². The van der Waals surface area contributed by atoms with Crippen molar-refractivity contribution in [3.8, 4) is 12.3 Å². The van der Waals surface area contributed by atoms with E-state index in [9.17, 15) is 0 Å². The van der Waals surface area contributed by atoms with Crippen LogP contribution in [0, 0.1) is 16.3 Å². The fourth-order valence-electron chi connectivity index (χ4n) is 0.424. The molecule has 1 heterocycles. The molecule has 0 saturated heterocycles. The third-order valence-electron chi connectivity index (χ3n) is 0.736. The summed E-state index contributed by atoms with van der Waals surface area (Å²) in [5.74, 6) is 2.48. The molecule has 0 bridgehead atoms. The van der Waals surface area contributed by atoms with Crippen LogP contribution in [-0.2, 0) is 6.42 Å². The van der Waals surface area contributed by atoms with E-state index in [1.165, 1.54) is 11.3 Å². The van der Waals surface area contributed by atoms with E-state index < -0.39 is 0 Å². The van der Waals surface area contributed by atoms with Crippen LogP contribution in [0.25, 0.3) is 0 Å². The van der Waals surface area contributed by atoms with Crippen molar-refractivity contribution < 1.29 is 0 Å². The molecule has 0 amide bonds. The standard InChI is InChI=1S/C5H4N2S2/c1-2-3-4-6-7-5(8)9-4/h1H,3H2,(H,7,8). The van der Waals surface area contributed by atoms with Crippen LogP contribution in [0.1, 0.15) is 5.01 Å². The van der Waals surface area contributed by atoms with Crippen molar-refractivity contribution >= 4 is 23.6 Å². The molecule has 0 radical (unpaired) electrons. The molecular weight excluding hydrogens is 152 g/mol. The molecule has 0 unspecified atom stereocenters. The van der Waals surface area contributed by atoms with Crippen molar-refractivity contribution in [2.45, 2.75) is 6.42 Å². The fraction of sp³-hybridized carbons (Fsp3) is 0.200. The molecule has 0 atom stereocenters. The Labute approximate surface area is 61.9 Å². The number of nitrogens with zero attached hydrogens (tertiary/aromatic N) is 1. The first-order chi connectivity index (χ1) is 4.33. The van der Waals surface area contributed by atoms with Gasteiger partial charge in [-0.3, -0.25) is 5.10 Å². The molecule has 0 saturated carbocycles. The second-order valence-electron chi connectivity index (χ2n) is 1.39. The van der Waals surface area contributed by atoms with Crippen LogP contribution in [-0.4, -0.2) is 10.2 Å². The van der Waals surface area contributed by atoms with Gasteiger partial charge in [0.25, 0.3) is 0 Å². The summed E-state index contributed by atoms with van der Waals surface area (Å²) in [6, 6.07) is 0. The van der Waals surface area contributed by atoms with Gasteiger partial charge in [0.05, 0.1) is 6.42 Å². The van der Waals surface area contributed by atoms with Crippen molar-refractivity contribution in [2.24, 2.45) is 0 Å². The van der Waals surface area contributed by atoms with Crippen molar-refractivity contribution in [3.05, 3.63) is 8.96 Å². The van der Waals surface area contributed by atoms with Crippen molar-refractivity contribution in [1.82, 2.24) is 10.2 Å². The van der Waals surface area contributed by atoms with Gasteiger partial charge in [0.15, 0.2) is 3.95 Å². The molecular formula is C5H4N2S2. The SMILES string of the molecule is C#CCc1n[nH]c(=S)s1. The van der Waals surface area contributed by atoms with E-state index in [4.69, 9.17) is 18.6 Å². The zero-order chi connectivity index (χ0) is 6.69. The summed E-state index contributed by atoms with van der Waals surface area (Å²) < 4.78 is 0.681. The van der Waals surface area contributed by atoms with Gasteiger partial charge in [-0.25, -0.2) is 0 Å². The smallest absolute Gasteiger partial charge is 0.176 e. The summed E-state index contributed by atoms with van der Waals surface area (Å²) >= 11 is 6.20. The highest BCUT2D eigenvalue weighted by Gasteiger charge is 1.91. The zero-order valence-electron chi connectivity index (χ0n) is 4.55. The van der Waals surface area contributed by atoms with E-state index in [0.29, 0.717) is 10.4 Å². The van der Waals surface area contributed by atoms with Gasteiger partial charge in [-0.15, -0.1) is 6.42 Å². The number of aromatic amines is 1. The zero-order valence-corrected chi connectivity index (χ0v) is 6.18. The van der Waals surface area contributed by atoms with Crippen LogP contribution >= 0.6 is 23.6 Å². The molecule has 0 aliphatic rings. The summed E-state index contributed by atoms with van der Waals surface area (Å²) in [7, 11) is 0. The van der Waals surface area contributed by atoms with Crippen LogP contribution < -0.4 is 0 Å².